The van der Waals surface area contributed by atoms with E-state index in [1.165, 1.54) is 64.2 Å². The average Bonchev–Trinajstić information content (AvgIpc) is 2.50. The molecule has 0 saturated heterocycles. The normalized spacial score (nSPS) is 12.8. The van der Waals surface area contributed by atoms with Crippen LogP contribution in [0, 0.1) is 5.92 Å². The van der Waals surface area contributed by atoms with E-state index in [1.807, 2.05) is 0 Å². The third-order valence-electron chi connectivity index (χ3n) is 4.38. The first kappa shape index (κ1) is 27.7. The third-order valence-corrected chi connectivity index (χ3v) is 4.80. The van der Waals surface area contributed by atoms with Gasteiger partial charge in [-0.1, -0.05) is 90.9 Å². The maximum atomic E-state index is 10.6. The van der Waals surface area contributed by atoms with E-state index in [1.54, 1.807) is 0 Å². The summed E-state index contributed by atoms with van der Waals surface area (Å²) in [6, 6.07) is 0. The Balaban J connectivity index is 0. The van der Waals surface area contributed by atoms with Gasteiger partial charge in [0, 0.05) is 0 Å². The van der Waals surface area contributed by atoms with Crippen molar-refractivity contribution in [2.75, 3.05) is 6.61 Å². The van der Waals surface area contributed by atoms with Crippen LogP contribution < -0.4 is 51.4 Å². The van der Waals surface area contributed by atoms with Crippen molar-refractivity contribution in [3.8, 4) is 0 Å². The fourth-order valence-electron chi connectivity index (χ4n) is 2.92. The molecule has 0 spiro atoms. The smallest absolute Gasteiger partial charge is 0.726 e. The topological polar surface area (TPSA) is 66.4 Å². The summed E-state index contributed by atoms with van der Waals surface area (Å²) in [6.45, 7) is 4.46. The zero-order valence-corrected chi connectivity index (χ0v) is 20.2. The second-order valence-electron chi connectivity index (χ2n) is 6.67. The minimum absolute atomic E-state index is 0. The molecule has 0 aromatic heterocycles. The van der Waals surface area contributed by atoms with Gasteiger partial charge in [-0.15, -0.1) is 0 Å². The van der Waals surface area contributed by atoms with E-state index in [-0.39, 0.29) is 63.9 Å². The Hall–Kier alpha value is 1.51. The fraction of sp³-hybridized carbons (Fsp3) is 1.00. The number of rotatable bonds is 17. The van der Waals surface area contributed by atoms with Gasteiger partial charge < -0.3 is 4.55 Å². The Bertz CT molecular complexity index is 347. The number of hydrogen-bond acceptors (Lipinski definition) is 4. The van der Waals surface area contributed by atoms with Crippen LogP contribution in [-0.4, -0.2) is 19.6 Å². The summed E-state index contributed by atoms with van der Waals surface area (Å²) < 4.78 is 36.4. The summed E-state index contributed by atoms with van der Waals surface area (Å²) in [4.78, 5) is 0. The molecule has 6 heteroatoms. The Kier molecular flexibility index (Phi) is 22.3. The van der Waals surface area contributed by atoms with Gasteiger partial charge in [0.05, 0.1) is 6.61 Å². The Morgan fingerprint density at radius 3 is 1.54 bits per heavy atom. The van der Waals surface area contributed by atoms with E-state index in [0.29, 0.717) is 0 Å². The van der Waals surface area contributed by atoms with E-state index >= 15 is 0 Å². The summed E-state index contributed by atoms with van der Waals surface area (Å²) in [7, 11) is -4.55. The Labute approximate surface area is 193 Å². The van der Waals surface area contributed by atoms with Gasteiger partial charge in [-0.2, -0.15) is 0 Å². The van der Waals surface area contributed by atoms with Crippen LogP contribution in [0.25, 0.3) is 0 Å². The van der Waals surface area contributed by atoms with Crippen molar-refractivity contribution in [2.45, 2.75) is 104 Å². The SMILES string of the molecule is CCCCCCCCCCC(CCCCCC)COS(=O)(=O)[O-].[K+]. The summed E-state index contributed by atoms with van der Waals surface area (Å²) in [5, 5.41) is 0. The second-order valence-corrected chi connectivity index (χ2v) is 7.72. The molecule has 0 radical (unpaired) electrons. The van der Waals surface area contributed by atoms with E-state index in [9.17, 15) is 13.0 Å². The average molecular weight is 389 g/mol. The van der Waals surface area contributed by atoms with Crippen LogP contribution in [0.4, 0.5) is 0 Å². The molecule has 0 heterocycles. The first-order valence-electron chi connectivity index (χ1n) is 9.59. The van der Waals surface area contributed by atoms with Gasteiger partial charge in [-0.3, -0.25) is 4.18 Å². The van der Waals surface area contributed by atoms with Crippen molar-refractivity contribution in [3.63, 3.8) is 0 Å². The van der Waals surface area contributed by atoms with Crippen LogP contribution in [0.3, 0.4) is 0 Å². The minimum Gasteiger partial charge on any atom is -0.726 e. The van der Waals surface area contributed by atoms with Crippen molar-refractivity contribution < 1.29 is 68.5 Å². The second kappa shape index (κ2) is 19.3. The van der Waals surface area contributed by atoms with Gasteiger partial charge in [-0.25, -0.2) is 8.42 Å². The molecule has 0 saturated carbocycles. The van der Waals surface area contributed by atoms with Gasteiger partial charge >= 0.3 is 51.4 Å². The largest absolute Gasteiger partial charge is 1.00 e. The predicted octanol–water partition coefficient (Wildman–Crippen LogP) is 2.58. The van der Waals surface area contributed by atoms with Crippen molar-refractivity contribution in [3.05, 3.63) is 0 Å². The summed E-state index contributed by atoms with van der Waals surface area (Å²) in [5.74, 6) is 0.204. The maximum Gasteiger partial charge on any atom is 1.00 e. The molecule has 1 atom stereocenters. The molecule has 0 bridgehead atoms. The van der Waals surface area contributed by atoms with Crippen LogP contribution in [-0.2, 0) is 14.6 Å². The van der Waals surface area contributed by atoms with E-state index in [4.69, 9.17) is 0 Å². The zero-order chi connectivity index (χ0) is 17.4. The van der Waals surface area contributed by atoms with E-state index < -0.39 is 10.4 Å². The molecular formula is C18H37KO4S. The molecule has 0 rings (SSSR count). The van der Waals surface area contributed by atoms with Crippen molar-refractivity contribution in [1.82, 2.24) is 0 Å². The predicted molar refractivity (Wildman–Crippen MR) is 95.1 cm³/mol. The summed E-state index contributed by atoms with van der Waals surface area (Å²) in [6.07, 6.45) is 16.7. The molecule has 0 aromatic carbocycles. The van der Waals surface area contributed by atoms with Crippen molar-refractivity contribution in [2.24, 2.45) is 5.92 Å². The fourth-order valence-corrected chi connectivity index (χ4v) is 3.28. The molecule has 4 nitrogen and oxygen atoms in total. The molecule has 0 aliphatic carbocycles. The van der Waals surface area contributed by atoms with Crippen LogP contribution >= 0.6 is 0 Å². The van der Waals surface area contributed by atoms with Crippen molar-refractivity contribution >= 4 is 10.4 Å². The molecule has 24 heavy (non-hydrogen) atoms. The third kappa shape index (κ3) is 21.5. The molecular weight excluding hydrogens is 351 g/mol. The van der Waals surface area contributed by atoms with Crippen LogP contribution in [0.2, 0.25) is 0 Å². The maximum absolute atomic E-state index is 10.6. The van der Waals surface area contributed by atoms with Gasteiger partial charge in [0.25, 0.3) is 0 Å². The first-order chi connectivity index (χ1) is 11.0. The minimum atomic E-state index is -4.55. The van der Waals surface area contributed by atoms with Crippen LogP contribution in [0.1, 0.15) is 104 Å². The standard InChI is InChI=1S/C18H38O4S.K/c1-3-5-7-9-10-11-12-14-16-18(15-13-8-6-4-2)17-22-23(19,20)21;/h18H,3-17H2,1-2H3,(H,19,20,21);/q;+1/p-1. The van der Waals surface area contributed by atoms with Gasteiger partial charge in [0.2, 0.25) is 10.4 Å². The molecule has 0 aliphatic heterocycles. The van der Waals surface area contributed by atoms with Gasteiger partial charge in [-0.05, 0) is 18.8 Å². The molecule has 0 amide bonds. The van der Waals surface area contributed by atoms with Crippen LogP contribution in [0.5, 0.6) is 0 Å². The quantitative estimate of drug-likeness (QED) is 0.166. The van der Waals surface area contributed by atoms with Crippen LogP contribution in [0.15, 0.2) is 0 Å². The van der Waals surface area contributed by atoms with E-state index in [2.05, 4.69) is 18.0 Å². The Morgan fingerprint density at radius 2 is 1.12 bits per heavy atom. The number of unbranched alkanes of at least 4 members (excludes halogenated alkanes) is 10. The van der Waals surface area contributed by atoms with Crippen molar-refractivity contribution in [1.29, 1.82) is 0 Å². The van der Waals surface area contributed by atoms with Gasteiger partial charge in [0.1, 0.15) is 0 Å². The molecule has 1 unspecified atom stereocenters. The van der Waals surface area contributed by atoms with E-state index in [0.717, 1.165) is 25.7 Å². The summed E-state index contributed by atoms with van der Waals surface area (Å²) >= 11 is 0. The molecule has 0 aromatic rings. The molecule has 0 aliphatic rings. The molecule has 140 valence electrons. The molecule has 0 fully saturated rings. The summed E-state index contributed by atoms with van der Waals surface area (Å²) in [5.41, 5.74) is 0. The zero-order valence-electron chi connectivity index (χ0n) is 16.2. The van der Waals surface area contributed by atoms with Gasteiger partial charge in [0.15, 0.2) is 0 Å². The monoisotopic (exact) mass is 388 g/mol. The molecule has 0 N–H and O–H groups in total. The first-order valence-corrected chi connectivity index (χ1v) is 10.9. The Morgan fingerprint density at radius 1 is 0.750 bits per heavy atom. The number of hydrogen-bond donors (Lipinski definition) is 0.